The molecule has 0 radical (unpaired) electrons. The Morgan fingerprint density at radius 3 is 3.11 bits per heavy atom. The quantitative estimate of drug-likeness (QED) is 0.902. The predicted molar refractivity (Wildman–Crippen MR) is 72.8 cm³/mol. The smallest absolute Gasteiger partial charge is 0.149 e. The largest absolute Gasteiger partial charge is 0.338 e. The highest BCUT2D eigenvalue weighted by Gasteiger charge is 2.26. The minimum Gasteiger partial charge on any atom is -0.338 e. The third kappa shape index (κ3) is 2.31. The van der Waals surface area contributed by atoms with Crippen molar-refractivity contribution >= 4 is 5.78 Å². The highest BCUT2D eigenvalue weighted by Crippen LogP contribution is 2.25. The Morgan fingerprint density at radius 1 is 1.47 bits per heavy atom. The van der Waals surface area contributed by atoms with Crippen LogP contribution >= 0.6 is 0 Å². The number of hydrogen-bond acceptors (Lipinski definition) is 3. The summed E-state index contributed by atoms with van der Waals surface area (Å²) in [6.45, 7) is 1.57. The van der Waals surface area contributed by atoms with Gasteiger partial charge in [-0.15, -0.1) is 0 Å². The lowest BCUT2D eigenvalue weighted by Crippen LogP contribution is -2.33. The summed E-state index contributed by atoms with van der Waals surface area (Å²) in [6, 6.07) is 8.18. The molecule has 4 nitrogen and oxygen atoms in total. The molecule has 4 heteroatoms. The molecule has 1 atom stereocenters. The van der Waals surface area contributed by atoms with Gasteiger partial charge in [0.15, 0.2) is 0 Å². The minimum atomic E-state index is -0.0540. The number of rotatable bonds is 3. The molecule has 1 aromatic carbocycles. The lowest BCUT2D eigenvalue weighted by atomic mass is 9.86. The summed E-state index contributed by atoms with van der Waals surface area (Å²) in [7, 11) is 1.92. The van der Waals surface area contributed by atoms with E-state index >= 15 is 0 Å². The Balaban J connectivity index is 1.84. The van der Waals surface area contributed by atoms with E-state index in [1.807, 2.05) is 29.9 Å². The van der Waals surface area contributed by atoms with Crippen LogP contribution in [0.4, 0.5) is 0 Å². The van der Waals surface area contributed by atoms with Crippen molar-refractivity contribution in [1.82, 2.24) is 14.9 Å². The fraction of sp³-hybridized carbons (Fsp3) is 0.333. The van der Waals surface area contributed by atoms with Crippen molar-refractivity contribution in [3.05, 3.63) is 53.6 Å². The first-order valence-corrected chi connectivity index (χ1v) is 6.53. The second-order valence-electron chi connectivity index (χ2n) is 4.98. The van der Waals surface area contributed by atoms with Gasteiger partial charge >= 0.3 is 0 Å². The second kappa shape index (κ2) is 4.97. The molecule has 98 valence electrons. The molecule has 0 fully saturated rings. The number of carbonyl (C=O) groups is 1. The Morgan fingerprint density at radius 2 is 2.32 bits per heavy atom. The van der Waals surface area contributed by atoms with E-state index in [4.69, 9.17) is 0 Å². The zero-order valence-corrected chi connectivity index (χ0v) is 11.0. The van der Waals surface area contributed by atoms with Gasteiger partial charge in [0, 0.05) is 32.5 Å². The molecular formula is C15H17N3O. The molecule has 1 aliphatic heterocycles. The number of aryl methyl sites for hydroxylation is 1. The first kappa shape index (κ1) is 12.1. The Hall–Kier alpha value is -1.94. The summed E-state index contributed by atoms with van der Waals surface area (Å²) in [5.74, 6) is 1.00. The molecule has 1 N–H and O–H groups in total. The Labute approximate surface area is 112 Å². The molecule has 1 aliphatic rings. The monoisotopic (exact) mass is 255 g/mol. The van der Waals surface area contributed by atoms with Crippen LogP contribution in [-0.2, 0) is 24.8 Å². The highest BCUT2D eigenvalue weighted by atomic mass is 16.1. The van der Waals surface area contributed by atoms with E-state index in [1.165, 1.54) is 11.1 Å². The number of benzene rings is 1. The van der Waals surface area contributed by atoms with Crippen LogP contribution in [0.15, 0.2) is 36.7 Å². The van der Waals surface area contributed by atoms with E-state index < -0.39 is 0 Å². The van der Waals surface area contributed by atoms with E-state index in [0.717, 1.165) is 18.9 Å². The van der Waals surface area contributed by atoms with Crippen LogP contribution in [0.5, 0.6) is 0 Å². The van der Waals surface area contributed by atoms with Crippen LogP contribution in [0.1, 0.15) is 22.9 Å². The lowest BCUT2D eigenvalue weighted by Gasteiger charge is -2.25. The van der Waals surface area contributed by atoms with Gasteiger partial charge in [0.2, 0.25) is 0 Å². The molecular weight excluding hydrogens is 238 g/mol. The molecule has 19 heavy (non-hydrogen) atoms. The van der Waals surface area contributed by atoms with Crippen molar-refractivity contribution in [2.24, 2.45) is 7.05 Å². The van der Waals surface area contributed by atoms with Gasteiger partial charge in [-0.25, -0.2) is 4.98 Å². The summed E-state index contributed by atoms with van der Waals surface area (Å²) in [6.07, 6.45) is 4.00. The van der Waals surface area contributed by atoms with Crippen LogP contribution < -0.4 is 5.32 Å². The molecule has 3 rings (SSSR count). The molecule has 0 saturated heterocycles. The second-order valence-corrected chi connectivity index (χ2v) is 4.98. The van der Waals surface area contributed by atoms with Gasteiger partial charge in [0.05, 0.1) is 12.3 Å². The zero-order chi connectivity index (χ0) is 13.2. The normalized spacial score (nSPS) is 18.1. The van der Waals surface area contributed by atoms with E-state index in [9.17, 15) is 4.79 Å². The van der Waals surface area contributed by atoms with Gasteiger partial charge < -0.3 is 9.88 Å². The number of Topliss-reactive ketones (excluding diaryl/α,β-unsaturated/α-hetero) is 1. The fourth-order valence-electron chi connectivity index (χ4n) is 2.63. The number of carbonyl (C=O) groups excluding carboxylic acids is 1. The summed E-state index contributed by atoms with van der Waals surface area (Å²) in [5, 5.41) is 3.32. The zero-order valence-electron chi connectivity index (χ0n) is 11.0. The van der Waals surface area contributed by atoms with Crippen LogP contribution in [0.25, 0.3) is 0 Å². The standard InChI is InChI=1S/C15H17N3O/c1-18-7-6-17-15(18)8-14(19)13-10-16-9-11-4-2-3-5-12(11)13/h2-7,13,16H,8-10H2,1H3. The number of nitrogens with zero attached hydrogens (tertiary/aromatic N) is 2. The maximum Gasteiger partial charge on any atom is 0.149 e. The molecule has 2 heterocycles. The Kier molecular flexibility index (Phi) is 3.17. The number of ketones is 1. The molecule has 0 amide bonds. The van der Waals surface area contributed by atoms with Gasteiger partial charge in [-0.1, -0.05) is 24.3 Å². The molecule has 0 spiro atoms. The maximum atomic E-state index is 12.5. The van der Waals surface area contributed by atoms with E-state index in [1.54, 1.807) is 6.20 Å². The predicted octanol–water partition coefficient (Wildman–Crippen LogP) is 1.42. The number of imidazole rings is 1. The van der Waals surface area contributed by atoms with Gasteiger partial charge in [0.1, 0.15) is 11.6 Å². The van der Waals surface area contributed by atoms with Crippen molar-refractivity contribution in [3.63, 3.8) is 0 Å². The summed E-state index contributed by atoms with van der Waals surface area (Å²) in [5.41, 5.74) is 2.40. The average Bonchev–Trinajstić information content (AvgIpc) is 2.83. The van der Waals surface area contributed by atoms with E-state index in [2.05, 4.69) is 22.4 Å². The average molecular weight is 255 g/mol. The number of hydrogen-bond donors (Lipinski definition) is 1. The van der Waals surface area contributed by atoms with Crippen molar-refractivity contribution in [1.29, 1.82) is 0 Å². The molecule has 0 aliphatic carbocycles. The van der Waals surface area contributed by atoms with Gasteiger partial charge in [-0.3, -0.25) is 4.79 Å². The van der Waals surface area contributed by atoms with Crippen molar-refractivity contribution in [2.45, 2.75) is 18.9 Å². The van der Waals surface area contributed by atoms with Crippen molar-refractivity contribution in [2.75, 3.05) is 6.54 Å². The molecule has 0 bridgehead atoms. The van der Waals surface area contributed by atoms with Crippen LogP contribution in [-0.4, -0.2) is 21.9 Å². The topological polar surface area (TPSA) is 46.9 Å². The molecule has 1 unspecified atom stereocenters. The van der Waals surface area contributed by atoms with Crippen LogP contribution in [0, 0.1) is 0 Å². The van der Waals surface area contributed by atoms with Crippen LogP contribution in [0.3, 0.4) is 0 Å². The van der Waals surface area contributed by atoms with Crippen molar-refractivity contribution in [3.8, 4) is 0 Å². The first-order chi connectivity index (χ1) is 9.25. The van der Waals surface area contributed by atoms with Gasteiger partial charge in [0.25, 0.3) is 0 Å². The van der Waals surface area contributed by atoms with Gasteiger partial charge in [-0.2, -0.15) is 0 Å². The maximum absolute atomic E-state index is 12.5. The van der Waals surface area contributed by atoms with Crippen molar-refractivity contribution < 1.29 is 4.79 Å². The number of fused-ring (bicyclic) bond motifs is 1. The lowest BCUT2D eigenvalue weighted by molar-refractivity contribution is -0.120. The third-order valence-electron chi connectivity index (χ3n) is 3.74. The Bertz CT molecular complexity index is 603. The number of aromatic nitrogens is 2. The molecule has 2 aromatic rings. The highest BCUT2D eigenvalue weighted by molar-refractivity contribution is 5.88. The fourth-order valence-corrected chi connectivity index (χ4v) is 2.63. The third-order valence-corrected chi connectivity index (χ3v) is 3.74. The SMILES string of the molecule is Cn1ccnc1CC(=O)C1CNCc2ccccc21. The first-order valence-electron chi connectivity index (χ1n) is 6.53. The van der Waals surface area contributed by atoms with E-state index in [-0.39, 0.29) is 11.7 Å². The summed E-state index contributed by atoms with van der Waals surface area (Å²) >= 11 is 0. The van der Waals surface area contributed by atoms with Gasteiger partial charge in [-0.05, 0) is 11.1 Å². The minimum absolute atomic E-state index is 0.0540. The summed E-state index contributed by atoms with van der Waals surface area (Å²) in [4.78, 5) is 16.7. The summed E-state index contributed by atoms with van der Waals surface area (Å²) < 4.78 is 1.90. The number of nitrogens with one attached hydrogen (secondary N) is 1. The molecule has 0 saturated carbocycles. The van der Waals surface area contributed by atoms with Crippen LogP contribution in [0.2, 0.25) is 0 Å². The van der Waals surface area contributed by atoms with E-state index in [0.29, 0.717) is 6.42 Å². The molecule has 1 aromatic heterocycles.